The van der Waals surface area contributed by atoms with Crippen molar-refractivity contribution >= 4 is 28.1 Å². The predicted octanol–water partition coefficient (Wildman–Crippen LogP) is 4.72. The Hall–Kier alpha value is -2.73. The lowest BCUT2D eigenvalue weighted by Crippen LogP contribution is -2.37. The Bertz CT molecular complexity index is 849. The number of rotatable bonds is 5. The van der Waals surface area contributed by atoms with Crippen LogP contribution in [-0.2, 0) is 4.79 Å². The van der Waals surface area contributed by atoms with Crippen LogP contribution in [0.3, 0.4) is 0 Å². The lowest BCUT2D eigenvalue weighted by Gasteiger charge is -2.24. The first-order chi connectivity index (χ1) is 12.0. The van der Waals surface area contributed by atoms with Gasteiger partial charge in [0.1, 0.15) is 11.6 Å². The first-order valence-corrected chi connectivity index (χ1v) is 8.66. The predicted molar refractivity (Wildman–Crippen MR) is 96.9 cm³/mol. The van der Waals surface area contributed by atoms with E-state index in [1.807, 2.05) is 42.6 Å². The van der Waals surface area contributed by atoms with Crippen LogP contribution < -0.4 is 9.64 Å². The van der Waals surface area contributed by atoms with Crippen LogP contribution in [0.5, 0.6) is 5.75 Å². The van der Waals surface area contributed by atoms with E-state index in [1.165, 1.54) is 35.6 Å². The number of hydrogen-bond acceptors (Lipinski definition) is 4. The molecule has 0 aliphatic heterocycles. The van der Waals surface area contributed by atoms with Crippen molar-refractivity contribution in [3.8, 4) is 5.75 Å². The number of hydrogen-bond donors (Lipinski definition) is 0. The van der Waals surface area contributed by atoms with E-state index in [-0.39, 0.29) is 11.7 Å². The van der Waals surface area contributed by atoms with Crippen LogP contribution in [0.1, 0.15) is 12.6 Å². The van der Waals surface area contributed by atoms with Gasteiger partial charge in [-0.2, -0.15) is 0 Å². The van der Waals surface area contributed by atoms with Crippen LogP contribution in [-0.4, -0.2) is 17.0 Å². The summed E-state index contributed by atoms with van der Waals surface area (Å²) < 4.78 is 18.7. The highest BCUT2D eigenvalue weighted by Gasteiger charge is 2.27. The zero-order chi connectivity index (χ0) is 17.8. The van der Waals surface area contributed by atoms with Crippen molar-refractivity contribution in [3.63, 3.8) is 0 Å². The maximum atomic E-state index is 13.0. The normalized spacial score (nSPS) is 11.8. The number of aryl methyl sites for hydroxylation is 1. The third-order valence-corrected chi connectivity index (χ3v) is 4.45. The van der Waals surface area contributed by atoms with E-state index in [4.69, 9.17) is 4.74 Å². The molecule has 1 atom stereocenters. The van der Waals surface area contributed by atoms with Crippen LogP contribution in [0, 0.1) is 12.7 Å². The number of ether oxygens (including phenoxy) is 1. The Morgan fingerprint density at radius 3 is 2.44 bits per heavy atom. The van der Waals surface area contributed by atoms with Crippen LogP contribution in [0.15, 0.2) is 60.0 Å². The van der Waals surface area contributed by atoms with Crippen molar-refractivity contribution in [1.29, 1.82) is 0 Å². The zero-order valence-corrected chi connectivity index (χ0v) is 14.7. The van der Waals surface area contributed by atoms with Gasteiger partial charge >= 0.3 is 0 Å². The maximum absolute atomic E-state index is 13.0. The lowest BCUT2D eigenvalue weighted by molar-refractivity contribution is -0.123. The standard InChI is InChI=1S/C19H17FN2O2S/c1-13-12-25-19(21-13)22(16-6-4-3-5-7-16)18(23)14(2)24-17-10-8-15(20)9-11-17/h3-12,14H,1-2H3. The Kier molecular flexibility index (Phi) is 5.09. The van der Waals surface area contributed by atoms with Crippen LogP contribution in [0.25, 0.3) is 0 Å². The molecule has 0 fully saturated rings. The molecule has 0 saturated carbocycles. The summed E-state index contributed by atoms with van der Waals surface area (Å²) in [5.41, 5.74) is 1.57. The second kappa shape index (κ2) is 7.44. The molecular weight excluding hydrogens is 339 g/mol. The Labute approximate surface area is 149 Å². The minimum atomic E-state index is -0.755. The molecule has 0 saturated heterocycles. The molecule has 25 heavy (non-hydrogen) atoms. The van der Waals surface area contributed by atoms with Crippen molar-refractivity contribution in [2.45, 2.75) is 20.0 Å². The number of thiazole rings is 1. The molecule has 0 aliphatic rings. The highest BCUT2D eigenvalue weighted by molar-refractivity contribution is 7.14. The molecule has 0 aliphatic carbocycles. The summed E-state index contributed by atoms with van der Waals surface area (Å²) in [6.45, 7) is 3.55. The number of carbonyl (C=O) groups excluding carboxylic acids is 1. The minimum Gasteiger partial charge on any atom is -0.481 e. The highest BCUT2D eigenvalue weighted by Crippen LogP contribution is 2.29. The van der Waals surface area contributed by atoms with Crippen molar-refractivity contribution in [2.24, 2.45) is 0 Å². The Morgan fingerprint density at radius 1 is 1.16 bits per heavy atom. The number of halogens is 1. The van der Waals surface area contributed by atoms with Crippen molar-refractivity contribution in [3.05, 3.63) is 71.5 Å². The average Bonchev–Trinajstić information content (AvgIpc) is 3.04. The molecule has 1 aromatic heterocycles. The molecule has 1 amide bonds. The van der Waals surface area contributed by atoms with E-state index < -0.39 is 6.10 Å². The van der Waals surface area contributed by atoms with Gasteiger partial charge in [0, 0.05) is 5.38 Å². The number of amides is 1. The molecule has 6 heteroatoms. The lowest BCUT2D eigenvalue weighted by atomic mass is 10.2. The molecule has 3 aromatic rings. The maximum Gasteiger partial charge on any atom is 0.274 e. The second-order valence-corrected chi connectivity index (χ2v) is 6.33. The molecule has 0 radical (unpaired) electrons. The van der Waals surface area contributed by atoms with Gasteiger partial charge in [-0.3, -0.25) is 9.69 Å². The molecule has 0 N–H and O–H groups in total. The van der Waals surface area contributed by atoms with Crippen LogP contribution in [0.4, 0.5) is 15.2 Å². The molecule has 0 bridgehead atoms. The average molecular weight is 356 g/mol. The molecule has 4 nitrogen and oxygen atoms in total. The Morgan fingerprint density at radius 2 is 1.84 bits per heavy atom. The van der Waals surface area contributed by atoms with Crippen LogP contribution >= 0.6 is 11.3 Å². The second-order valence-electron chi connectivity index (χ2n) is 5.49. The molecular formula is C19H17FN2O2S. The topological polar surface area (TPSA) is 42.4 Å². The minimum absolute atomic E-state index is 0.245. The van der Waals surface area contributed by atoms with Crippen molar-refractivity contribution in [2.75, 3.05) is 4.90 Å². The molecule has 3 rings (SSSR count). The number of para-hydroxylation sites is 1. The van der Waals surface area contributed by atoms with Gasteiger partial charge in [0.05, 0.1) is 11.4 Å². The fourth-order valence-corrected chi connectivity index (χ4v) is 3.13. The molecule has 1 heterocycles. The number of anilines is 2. The summed E-state index contributed by atoms with van der Waals surface area (Å²) in [5, 5.41) is 2.48. The van der Waals surface area contributed by atoms with Gasteiger partial charge in [-0.25, -0.2) is 9.37 Å². The van der Waals surface area contributed by atoms with Gasteiger partial charge in [0.15, 0.2) is 11.2 Å². The smallest absolute Gasteiger partial charge is 0.274 e. The first kappa shape index (κ1) is 17.1. The van der Waals surface area contributed by atoms with Gasteiger partial charge in [-0.1, -0.05) is 18.2 Å². The first-order valence-electron chi connectivity index (χ1n) is 7.78. The molecule has 0 spiro atoms. The largest absolute Gasteiger partial charge is 0.481 e. The van der Waals surface area contributed by atoms with Crippen molar-refractivity contribution < 1.29 is 13.9 Å². The van der Waals surface area contributed by atoms with E-state index in [9.17, 15) is 9.18 Å². The summed E-state index contributed by atoms with van der Waals surface area (Å²) in [5.74, 6) is -0.161. The third-order valence-electron chi connectivity index (χ3n) is 3.51. The van der Waals surface area contributed by atoms with Gasteiger partial charge in [0.25, 0.3) is 5.91 Å². The number of aromatic nitrogens is 1. The highest BCUT2D eigenvalue weighted by atomic mass is 32.1. The van der Waals surface area contributed by atoms with Gasteiger partial charge < -0.3 is 4.74 Å². The summed E-state index contributed by atoms with van der Waals surface area (Å²) in [7, 11) is 0. The molecule has 128 valence electrons. The summed E-state index contributed by atoms with van der Waals surface area (Å²) >= 11 is 1.40. The van der Waals surface area contributed by atoms with Crippen LogP contribution in [0.2, 0.25) is 0 Å². The monoisotopic (exact) mass is 356 g/mol. The van der Waals surface area contributed by atoms with Gasteiger partial charge in [-0.05, 0) is 50.2 Å². The third kappa shape index (κ3) is 4.03. The summed E-state index contributed by atoms with van der Waals surface area (Å²) in [6, 6.07) is 14.9. The van der Waals surface area contributed by atoms with Gasteiger partial charge in [0.2, 0.25) is 0 Å². The van der Waals surface area contributed by atoms with E-state index in [1.54, 1.807) is 11.8 Å². The Balaban J connectivity index is 1.87. The summed E-state index contributed by atoms with van der Waals surface area (Å²) in [6.07, 6.45) is -0.755. The summed E-state index contributed by atoms with van der Waals surface area (Å²) in [4.78, 5) is 19.0. The number of nitrogens with zero attached hydrogens (tertiary/aromatic N) is 2. The van der Waals surface area contributed by atoms with E-state index in [2.05, 4.69) is 4.98 Å². The van der Waals surface area contributed by atoms with Gasteiger partial charge in [-0.15, -0.1) is 11.3 Å². The van der Waals surface area contributed by atoms with E-state index >= 15 is 0 Å². The van der Waals surface area contributed by atoms with E-state index in [0.29, 0.717) is 10.9 Å². The fourth-order valence-electron chi connectivity index (χ4n) is 2.30. The van der Waals surface area contributed by atoms with Crippen molar-refractivity contribution in [1.82, 2.24) is 4.98 Å². The number of carbonyl (C=O) groups is 1. The quantitative estimate of drug-likeness (QED) is 0.664. The molecule has 2 aromatic carbocycles. The fraction of sp³-hybridized carbons (Fsp3) is 0.158. The van der Waals surface area contributed by atoms with E-state index in [0.717, 1.165) is 11.4 Å². The molecule has 1 unspecified atom stereocenters. The number of benzene rings is 2. The zero-order valence-electron chi connectivity index (χ0n) is 13.8. The SMILES string of the molecule is Cc1csc(N(C(=O)C(C)Oc2ccc(F)cc2)c2ccccc2)n1.